The average Bonchev–Trinajstić information content (AvgIpc) is 2.38. The minimum Gasteiger partial charge on any atom is -0.415 e. The summed E-state index contributed by atoms with van der Waals surface area (Å²) in [6.07, 6.45) is 1.72. The van der Waals surface area contributed by atoms with Gasteiger partial charge in [0, 0.05) is 0 Å². The first-order valence-corrected chi connectivity index (χ1v) is 10.5. The largest absolute Gasteiger partial charge is 0.415 e. The minimum absolute atomic E-state index is 0.568. The zero-order valence-electron chi connectivity index (χ0n) is 13.2. The highest BCUT2D eigenvalue weighted by Gasteiger charge is 2.12. The van der Waals surface area contributed by atoms with E-state index in [0.29, 0.717) is 59.5 Å². The summed E-state index contributed by atoms with van der Waals surface area (Å²) >= 11 is 0. The van der Waals surface area contributed by atoms with Gasteiger partial charge in [-0.15, -0.1) is 6.58 Å². The van der Waals surface area contributed by atoms with Gasteiger partial charge >= 0.3 is 0 Å². The van der Waals surface area contributed by atoms with Gasteiger partial charge in [-0.3, -0.25) is 0 Å². The van der Waals surface area contributed by atoms with Crippen molar-refractivity contribution < 1.29 is 23.4 Å². The quantitative estimate of drug-likeness (QED) is 0.263. The zero-order chi connectivity index (χ0) is 15.1. The van der Waals surface area contributed by atoms with Gasteiger partial charge in [-0.05, 0) is 19.6 Å². The van der Waals surface area contributed by atoms with Gasteiger partial charge in [0.15, 0.2) is 8.32 Å². The van der Waals surface area contributed by atoms with Crippen LogP contribution in [-0.4, -0.2) is 67.8 Å². The second-order valence-electron chi connectivity index (χ2n) is 5.16. The smallest absolute Gasteiger partial charge is 0.183 e. The van der Waals surface area contributed by atoms with E-state index in [0.717, 1.165) is 0 Å². The van der Waals surface area contributed by atoms with Crippen molar-refractivity contribution in [3.05, 3.63) is 12.7 Å². The first-order valence-electron chi connectivity index (χ1n) is 7.12. The first kappa shape index (κ1) is 19.8. The molecule has 120 valence electrons. The van der Waals surface area contributed by atoms with Crippen molar-refractivity contribution in [2.75, 3.05) is 59.5 Å². The van der Waals surface area contributed by atoms with Crippen molar-refractivity contribution in [2.24, 2.45) is 0 Å². The zero-order valence-corrected chi connectivity index (χ0v) is 14.2. The second-order valence-corrected chi connectivity index (χ2v) is 9.67. The van der Waals surface area contributed by atoms with E-state index in [9.17, 15) is 0 Å². The average molecular weight is 306 g/mol. The Morgan fingerprint density at radius 2 is 1.10 bits per heavy atom. The number of ether oxygens (including phenoxy) is 4. The molecule has 0 fully saturated rings. The maximum atomic E-state index is 5.66. The fraction of sp³-hybridized carbons (Fsp3) is 0.857. The maximum absolute atomic E-state index is 5.66. The van der Waals surface area contributed by atoms with Crippen LogP contribution in [0.4, 0.5) is 0 Å². The van der Waals surface area contributed by atoms with E-state index < -0.39 is 8.32 Å². The van der Waals surface area contributed by atoms with Crippen molar-refractivity contribution in [3.63, 3.8) is 0 Å². The van der Waals surface area contributed by atoms with Gasteiger partial charge in [-0.25, -0.2) is 0 Å². The van der Waals surface area contributed by atoms with Gasteiger partial charge < -0.3 is 23.4 Å². The molecule has 0 bridgehead atoms. The monoisotopic (exact) mass is 306 g/mol. The fourth-order valence-electron chi connectivity index (χ4n) is 1.23. The molecule has 0 rings (SSSR count). The molecule has 0 aliphatic rings. The molecule has 0 aromatic carbocycles. The van der Waals surface area contributed by atoms with E-state index in [4.69, 9.17) is 23.4 Å². The third kappa shape index (κ3) is 17.8. The lowest BCUT2D eigenvalue weighted by molar-refractivity contribution is -0.00249. The lowest BCUT2D eigenvalue weighted by Crippen LogP contribution is -2.27. The van der Waals surface area contributed by atoms with Crippen LogP contribution in [0, 0.1) is 0 Å². The van der Waals surface area contributed by atoms with Crippen LogP contribution in [0.15, 0.2) is 12.7 Å². The van der Waals surface area contributed by atoms with Gasteiger partial charge in [0.25, 0.3) is 0 Å². The molecule has 0 saturated heterocycles. The first-order chi connectivity index (χ1) is 9.56. The van der Waals surface area contributed by atoms with E-state index in [2.05, 4.69) is 26.2 Å². The molecule has 5 nitrogen and oxygen atoms in total. The molecular weight excluding hydrogens is 276 g/mol. The van der Waals surface area contributed by atoms with Crippen LogP contribution in [0.1, 0.15) is 0 Å². The Morgan fingerprint density at radius 3 is 1.50 bits per heavy atom. The highest BCUT2D eigenvalue weighted by atomic mass is 28.4. The standard InChI is InChI=1S/C14H30O5Si/c1-5-6-15-7-8-16-9-10-17-11-12-18-13-14-19-20(2,3)4/h5H,1,6-14H2,2-4H3. The van der Waals surface area contributed by atoms with Crippen molar-refractivity contribution in [1.29, 1.82) is 0 Å². The summed E-state index contributed by atoms with van der Waals surface area (Å²) in [5.74, 6) is 0. The van der Waals surface area contributed by atoms with Gasteiger partial charge in [0.2, 0.25) is 0 Å². The minimum atomic E-state index is -1.40. The molecule has 0 atom stereocenters. The Bertz CT molecular complexity index is 218. The molecule has 6 heteroatoms. The Labute approximate surface area is 124 Å². The summed E-state index contributed by atoms with van der Waals surface area (Å²) in [4.78, 5) is 0. The molecule has 20 heavy (non-hydrogen) atoms. The van der Waals surface area contributed by atoms with Crippen LogP contribution in [0.3, 0.4) is 0 Å². The Balaban J connectivity index is 3.01. The van der Waals surface area contributed by atoms with Crippen LogP contribution >= 0.6 is 0 Å². The predicted molar refractivity (Wildman–Crippen MR) is 82.8 cm³/mol. The van der Waals surface area contributed by atoms with E-state index in [1.807, 2.05) is 0 Å². The van der Waals surface area contributed by atoms with Crippen molar-refractivity contribution in [3.8, 4) is 0 Å². The topological polar surface area (TPSA) is 46.2 Å². The van der Waals surface area contributed by atoms with E-state index >= 15 is 0 Å². The lowest BCUT2D eigenvalue weighted by Gasteiger charge is -2.16. The molecule has 0 unspecified atom stereocenters. The summed E-state index contributed by atoms with van der Waals surface area (Å²) in [6.45, 7) is 15.4. The summed E-state index contributed by atoms with van der Waals surface area (Å²) in [5, 5.41) is 0. The number of hydrogen-bond donors (Lipinski definition) is 0. The molecule has 0 aromatic rings. The Hall–Kier alpha value is -0.243. The molecule has 0 aromatic heterocycles. The van der Waals surface area contributed by atoms with Crippen molar-refractivity contribution >= 4 is 8.32 Å². The van der Waals surface area contributed by atoms with E-state index in [1.54, 1.807) is 6.08 Å². The van der Waals surface area contributed by atoms with Gasteiger partial charge in [-0.1, -0.05) is 6.08 Å². The summed E-state index contributed by atoms with van der Waals surface area (Å²) in [7, 11) is -1.40. The highest BCUT2D eigenvalue weighted by molar-refractivity contribution is 6.69. The molecule has 0 spiro atoms. The van der Waals surface area contributed by atoms with Crippen LogP contribution in [0.2, 0.25) is 19.6 Å². The van der Waals surface area contributed by atoms with Crippen LogP contribution < -0.4 is 0 Å². The van der Waals surface area contributed by atoms with Gasteiger partial charge in [0.1, 0.15) is 0 Å². The van der Waals surface area contributed by atoms with Crippen molar-refractivity contribution in [2.45, 2.75) is 19.6 Å². The molecule has 0 heterocycles. The number of rotatable bonds is 15. The number of hydrogen-bond acceptors (Lipinski definition) is 5. The molecule has 0 aliphatic heterocycles. The normalized spacial score (nSPS) is 11.8. The summed E-state index contributed by atoms with van der Waals surface area (Å²) in [5.41, 5.74) is 0. The Kier molecular flexibility index (Phi) is 13.6. The molecule has 0 N–H and O–H groups in total. The SMILES string of the molecule is C=CCOCCOCCOCCOCCO[Si](C)(C)C. The van der Waals surface area contributed by atoms with Crippen molar-refractivity contribution in [1.82, 2.24) is 0 Å². The fourth-order valence-corrected chi connectivity index (χ4v) is 1.93. The van der Waals surface area contributed by atoms with Crippen LogP contribution in [-0.2, 0) is 23.4 Å². The molecule has 0 aliphatic carbocycles. The summed E-state index contributed by atoms with van der Waals surface area (Å²) in [6, 6.07) is 0. The molecule has 0 radical (unpaired) electrons. The second kappa shape index (κ2) is 13.7. The summed E-state index contributed by atoms with van der Waals surface area (Å²) < 4.78 is 26.9. The molecule has 0 saturated carbocycles. The third-order valence-corrected chi connectivity index (χ3v) is 3.18. The lowest BCUT2D eigenvalue weighted by atomic mass is 10.6. The third-order valence-electron chi connectivity index (χ3n) is 2.11. The van der Waals surface area contributed by atoms with Gasteiger partial charge in [0.05, 0.1) is 59.5 Å². The molecule has 0 amide bonds. The Morgan fingerprint density at radius 1 is 0.700 bits per heavy atom. The maximum Gasteiger partial charge on any atom is 0.183 e. The molecular formula is C14H30O5Si. The van der Waals surface area contributed by atoms with Crippen LogP contribution in [0.25, 0.3) is 0 Å². The van der Waals surface area contributed by atoms with E-state index in [1.165, 1.54) is 0 Å². The predicted octanol–water partition coefficient (Wildman–Crippen LogP) is 2.09. The highest BCUT2D eigenvalue weighted by Crippen LogP contribution is 2.01. The van der Waals surface area contributed by atoms with Crippen LogP contribution in [0.5, 0.6) is 0 Å². The van der Waals surface area contributed by atoms with Gasteiger partial charge in [-0.2, -0.15) is 0 Å². The van der Waals surface area contributed by atoms with E-state index in [-0.39, 0.29) is 0 Å².